The molecule has 0 atom stereocenters. The molecule has 4 aromatic rings. The SMILES string of the molecule is C=Cc1[nH]cc(Cc2nc(-c3ccc(OC)cc3)c(-c3ccc(OC)cc3)o2)c1C=C. The zero-order chi connectivity index (χ0) is 21.8. The van der Waals surface area contributed by atoms with Gasteiger partial charge in [-0.2, -0.15) is 0 Å². The van der Waals surface area contributed by atoms with Crippen LogP contribution in [0.2, 0.25) is 0 Å². The molecule has 2 heterocycles. The largest absolute Gasteiger partial charge is 0.497 e. The van der Waals surface area contributed by atoms with Crippen LogP contribution in [0.3, 0.4) is 0 Å². The Bertz CT molecular complexity index is 1130. The fraction of sp³-hybridized carbons (Fsp3) is 0.115. The molecule has 0 unspecified atom stereocenters. The normalized spacial score (nSPS) is 10.6. The molecule has 0 saturated heterocycles. The number of oxazole rings is 1. The highest BCUT2D eigenvalue weighted by atomic mass is 16.5. The number of rotatable bonds is 8. The fourth-order valence-electron chi connectivity index (χ4n) is 3.54. The van der Waals surface area contributed by atoms with Crippen LogP contribution in [-0.4, -0.2) is 24.2 Å². The maximum Gasteiger partial charge on any atom is 0.200 e. The number of aromatic nitrogens is 2. The maximum absolute atomic E-state index is 6.27. The van der Waals surface area contributed by atoms with Crippen molar-refractivity contribution in [1.82, 2.24) is 9.97 Å². The molecule has 0 aliphatic rings. The lowest BCUT2D eigenvalue weighted by Gasteiger charge is -2.04. The van der Waals surface area contributed by atoms with Crippen LogP contribution in [0, 0.1) is 0 Å². The van der Waals surface area contributed by atoms with Crippen LogP contribution in [0.4, 0.5) is 0 Å². The quantitative estimate of drug-likeness (QED) is 0.373. The number of H-pyrrole nitrogens is 1. The van der Waals surface area contributed by atoms with Gasteiger partial charge in [0.2, 0.25) is 0 Å². The van der Waals surface area contributed by atoms with Gasteiger partial charge in [-0.25, -0.2) is 4.98 Å². The van der Waals surface area contributed by atoms with Crippen molar-refractivity contribution in [2.24, 2.45) is 0 Å². The van der Waals surface area contributed by atoms with Crippen molar-refractivity contribution < 1.29 is 13.9 Å². The molecule has 0 saturated carbocycles. The van der Waals surface area contributed by atoms with Crippen LogP contribution < -0.4 is 9.47 Å². The molecule has 0 amide bonds. The molecular formula is C26H24N2O3. The van der Waals surface area contributed by atoms with E-state index >= 15 is 0 Å². The van der Waals surface area contributed by atoms with E-state index in [1.807, 2.05) is 60.8 Å². The average molecular weight is 412 g/mol. The summed E-state index contributed by atoms with van der Waals surface area (Å²) < 4.78 is 16.9. The molecule has 0 radical (unpaired) electrons. The fourth-order valence-corrected chi connectivity index (χ4v) is 3.54. The van der Waals surface area contributed by atoms with Crippen LogP contribution in [0.25, 0.3) is 34.7 Å². The Kier molecular flexibility index (Phi) is 5.76. The summed E-state index contributed by atoms with van der Waals surface area (Å²) in [5.74, 6) is 2.91. The van der Waals surface area contributed by atoms with Crippen LogP contribution in [-0.2, 0) is 6.42 Å². The minimum absolute atomic E-state index is 0.533. The Labute approximate surface area is 181 Å². The predicted octanol–water partition coefficient (Wildman–Crippen LogP) is 6.23. The Morgan fingerprint density at radius 2 is 1.52 bits per heavy atom. The number of ether oxygens (including phenoxy) is 2. The molecule has 2 aromatic carbocycles. The van der Waals surface area contributed by atoms with Crippen molar-refractivity contribution in [3.63, 3.8) is 0 Å². The lowest BCUT2D eigenvalue weighted by Crippen LogP contribution is -1.90. The van der Waals surface area contributed by atoms with E-state index < -0.39 is 0 Å². The van der Waals surface area contributed by atoms with Gasteiger partial charge >= 0.3 is 0 Å². The third-order valence-electron chi connectivity index (χ3n) is 5.18. The van der Waals surface area contributed by atoms with Crippen LogP contribution in [0.15, 0.2) is 72.3 Å². The molecule has 5 nitrogen and oxygen atoms in total. The number of aromatic amines is 1. The highest BCUT2D eigenvalue weighted by Crippen LogP contribution is 2.35. The number of benzene rings is 2. The van der Waals surface area contributed by atoms with Crippen molar-refractivity contribution in [3.05, 3.63) is 90.6 Å². The summed E-state index contributed by atoms with van der Waals surface area (Å²) in [6.07, 6.45) is 6.07. The molecule has 0 bridgehead atoms. The topological polar surface area (TPSA) is 60.3 Å². The van der Waals surface area contributed by atoms with Crippen LogP contribution in [0.5, 0.6) is 11.5 Å². The first-order chi connectivity index (χ1) is 15.2. The van der Waals surface area contributed by atoms with Gasteiger partial charge in [-0.05, 0) is 60.2 Å². The van der Waals surface area contributed by atoms with Crippen molar-refractivity contribution >= 4 is 12.2 Å². The molecule has 0 fully saturated rings. The second-order valence-electron chi connectivity index (χ2n) is 6.97. The van der Waals surface area contributed by atoms with Gasteiger partial charge in [0.25, 0.3) is 0 Å². The van der Waals surface area contributed by atoms with Gasteiger partial charge in [0, 0.05) is 28.6 Å². The number of hydrogen-bond donors (Lipinski definition) is 1. The van der Waals surface area contributed by atoms with Gasteiger partial charge in [0.1, 0.15) is 17.2 Å². The minimum Gasteiger partial charge on any atom is -0.497 e. The predicted molar refractivity (Wildman–Crippen MR) is 124 cm³/mol. The summed E-state index contributed by atoms with van der Waals surface area (Å²) in [4.78, 5) is 8.07. The molecular weight excluding hydrogens is 388 g/mol. The first-order valence-corrected chi connectivity index (χ1v) is 9.90. The van der Waals surface area contributed by atoms with Gasteiger partial charge in [0.05, 0.1) is 20.6 Å². The van der Waals surface area contributed by atoms with E-state index in [9.17, 15) is 0 Å². The Morgan fingerprint density at radius 1 is 0.903 bits per heavy atom. The summed E-state index contributed by atoms with van der Waals surface area (Å²) in [6, 6.07) is 15.6. The molecule has 2 aromatic heterocycles. The smallest absolute Gasteiger partial charge is 0.200 e. The molecule has 1 N–H and O–H groups in total. The summed E-state index contributed by atoms with van der Waals surface area (Å²) in [7, 11) is 3.30. The highest BCUT2D eigenvalue weighted by molar-refractivity contribution is 5.77. The number of methoxy groups -OCH3 is 2. The van der Waals surface area contributed by atoms with Crippen LogP contribution >= 0.6 is 0 Å². The molecule has 156 valence electrons. The molecule has 4 rings (SSSR count). The third-order valence-corrected chi connectivity index (χ3v) is 5.18. The lowest BCUT2D eigenvalue weighted by molar-refractivity contribution is 0.414. The van der Waals surface area contributed by atoms with Gasteiger partial charge < -0.3 is 18.9 Å². The van der Waals surface area contributed by atoms with Crippen molar-refractivity contribution in [2.75, 3.05) is 14.2 Å². The van der Waals surface area contributed by atoms with E-state index in [1.54, 1.807) is 20.3 Å². The average Bonchev–Trinajstić information content (AvgIpc) is 3.43. The van der Waals surface area contributed by atoms with E-state index in [2.05, 4.69) is 18.1 Å². The van der Waals surface area contributed by atoms with Gasteiger partial charge in [-0.1, -0.05) is 19.2 Å². The van der Waals surface area contributed by atoms with E-state index in [1.165, 1.54) is 0 Å². The zero-order valence-corrected chi connectivity index (χ0v) is 17.6. The van der Waals surface area contributed by atoms with E-state index in [0.717, 1.165) is 45.1 Å². The van der Waals surface area contributed by atoms with E-state index in [4.69, 9.17) is 18.9 Å². The van der Waals surface area contributed by atoms with E-state index in [0.29, 0.717) is 18.1 Å². The van der Waals surface area contributed by atoms with E-state index in [-0.39, 0.29) is 0 Å². The van der Waals surface area contributed by atoms with Crippen molar-refractivity contribution in [2.45, 2.75) is 6.42 Å². The van der Waals surface area contributed by atoms with Crippen molar-refractivity contribution in [1.29, 1.82) is 0 Å². The molecule has 0 aliphatic carbocycles. The Balaban J connectivity index is 1.78. The second kappa shape index (κ2) is 8.79. The Hall–Kier alpha value is -3.99. The summed E-state index contributed by atoms with van der Waals surface area (Å²) in [5.41, 5.74) is 5.64. The molecule has 31 heavy (non-hydrogen) atoms. The monoisotopic (exact) mass is 412 g/mol. The first-order valence-electron chi connectivity index (χ1n) is 9.90. The Morgan fingerprint density at radius 3 is 2.06 bits per heavy atom. The van der Waals surface area contributed by atoms with Crippen molar-refractivity contribution in [3.8, 4) is 34.1 Å². The highest BCUT2D eigenvalue weighted by Gasteiger charge is 2.19. The molecule has 0 aliphatic heterocycles. The minimum atomic E-state index is 0.533. The summed E-state index contributed by atoms with van der Waals surface area (Å²) in [6.45, 7) is 7.77. The summed E-state index contributed by atoms with van der Waals surface area (Å²) >= 11 is 0. The summed E-state index contributed by atoms with van der Waals surface area (Å²) in [5, 5.41) is 0. The zero-order valence-electron chi connectivity index (χ0n) is 17.6. The maximum atomic E-state index is 6.27. The van der Waals surface area contributed by atoms with Gasteiger partial charge in [-0.3, -0.25) is 0 Å². The lowest BCUT2D eigenvalue weighted by atomic mass is 10.1. The number of hydrogen-bond acceptors (Lipinski definition) is 4. The first kappa shape index (κ1) is 20.3. The molecule has 0 spiro atoms. The second-order valence-corrected chi connectivity index (χ2v) is 6.97. The number of nitrogens with zero attached hydrogens (tertiary/aromatic N) is 1. The number of nitrogens with one attached hydrogen (secondary N) is 1. The third kappa shape index (κ3) is 4.03. The van der Waals surface area contributed by atoms with Gasteiger partial charge in [-0.15, -0.1) is 0 Å². The molecule has 5 heteroatoms. The standard InChI is InChI=1S/C26H24N2O3/c1-5-22-19(16-27-23(22)6-2)15-24-28-25(17-7-11-20(29-3)12-8-17)26(31-24)18-9-13-21(30-4)14-10-18/h5-14,16,27H,1-2,15H2,3-4H3. The van der Waals surface area contributed by atoms with Crippen LogP contribution in [0.1, 0.15) is 22.7 Å². The van der Waals surface area contributed by atoms with Gasteiger partial charge in [0.15, 0.2) is 11.7 Å².